The van der Waals surface area contributed by atoms with Crippen molar-refractivity contribution in [3.63, 3.8) is 0 Å². The topological polar surface area (TPSA) is 78.9 Å². The van der Waals surface area contributed by atoms with E-state index >= 15 is 0 Å². The molecule has 0 aliphatic carbocycles. The number of nitrogens with one attached hydrogen (secondary N) is 2. The third kappa shape index (κ3) is 8.07. The van der Waals surface area contributed by atoms with E-state index in [1.807, 2.05) is 13.0 Å². The first kappa shape index (κ1) is 23.6. The van der Waals surface area contributed by atoms with E-state index in [1.54, 1.807) is 38.5 Å². The van der Waals surface area contributed by atoms with Gasteiger partial charge in [0.15, 0.2) is 5.96 Å². The van der Waals surface area contributed by atoms with Crippen LogP contribution in [0.1, 0.15) is 12.5 Å². The van der Waals surface area contributed by atoms with Gasteiger partial charge in [-0.05, 0) is 36.8 Å². The van der Waals surface area contributed by atoms with Crippen LogP contribution < -0.4 is 15.4 Å². The standard InChI is InChI=1S/C19H24FN5O2.HI/c1-4-21-19(24-13-18(26)25(2)3)23-12-14-5-10-17(22-11-14)27-16-8-6-15(20)7-9-16;/h5-11H,4,12-13H2,1-3H3,(H2,21,23,24);1H. The Bertz CT molecular complexity index is 767. The molecular weight excluding hydrogens is 476 g/mol. The maximum atomic E-state index is 12.9. The maximum absolute atomic E-state index is 12.9. The van der Waals surface area contributed by atoms with Gasteiger partial charge >= 0.3 is 0 Å². The van der Waals surface area contributed by atoms with E-state index in [0.717, 1.165) is 5.56 Å². The summed E-state index contributed by atoms with van der Waals surface area (Å²) in [7, 11) is 3.41. The van der Waals surface area contributed by atoms with Gasteiger partial charge in [-0.1, -0.05) is 6.07 Å². The van der Waals surface area contributed by atoms with Crippen LogP contribution in [0.2, 0.25) is 0 Å². The van der Waals surface area contributed by atoms with Crippen molar-refractivity contribution in [2.75, 3.05) is 27.2 Å². The molecule has 1 amide bonds. The zero-order valence-corrected chi connectivity index (χ0v) is 18.4. The van der Waals surface area contributed by atoms with Crippen LogP contribution in [-0.4, -0.2) is 48.9 Å². The van der Waals surface area contributed by atoms with Gasteiger partial charge in [0, 0.05) is 32.9 Å². The highest BCUT2D eigenvalue weighted by Gasteiger charge is 2.05. The van der Waals surface area contributed by atoms with E-state index in [2.05, 4.69) is 20.6 Å². The normalized spacial score (nSPS) is 10.6. The van der Waals surface area contributed by atoms with Crippen LogP contribution in [0.3, 0.4) is 0 Å². The van der Waals surface area contributed by atoms with Gasteiger partial charge in [0.05, 0.1) is 13.1 Å². The number of ether oxygens (including phenoxy) is 1. The molecule has 0 unspecified atom stereocenters. The summed E-state index contributed by atoms with van der Waals surface area (Å²) >= 11 is 0. The van der Waals surface area contributed by atoms with Gasteiger partial charge in [0.2, 0.25) is 11.8 Å². The lowest BCUT2D eigenvalue weighted by molar-refractivity contribution is -0.127. The van der Waals surface area contributed by atoms with Gasteiger partial charge in [-0.15, -0.1) is 24.0 Å². The number of carbonyl (C=O) groups excluding carboxylic acids is 1. The summed E-state index contributed by atoms with van der Waals surface area (Å²) in [6.45, 7) is 3.20. The van der Waals surface area contributed by atoms with Crippen LogP contribution in [0.25, 0.3) is 0 Å². The Hall–Kier alpha value is -2.43. The number of aliphatic imine (C=N–C) groups is 1. The number of hydrogen-bond acceptors (Lipinski definition) is 4. The molecule has 0 saturated carbocycles. The van der Waals surface area contributed by atoms with E-state index in [4.69, 9.17) is 4.74 Å². The summed E-state index contributed by atoms with van der Waals surface area (Å²) < 4.78 is 18.5. The van der Waals surface area contributed by atoms with E-state index < -0.39 is 0 Å². The lowest BCUT2D eigenvalue weighted by atomic mass is 10.3. The van der Waals surface area contributed by atoms with Gasteiger partial charge in [0.25, 0.3) is 0 Å². The number of guanidine groups is 1. The van der Waals surface area contributed by atoms with Crippen molar-refractivity contribution in [3.8, 4) is 11.6 Å². The molecule has 0 aliphatic heterocycles. The van der Waals surface area contributed by atoms with Crippen molar-refractivity contribution in [2.45, 2.75) is 13.5 Å². The molecule has 1 aromatic carbocycles. The fourth-order valence-electron chi connectivity index (χ4n) is 2.02. The number of carbonyl (C=O) groups is 1. The Kier molecular flexibility index (Phi) is 10.2. The fourth-order valence-corrected chi connectivity index (χ4v) is 2.02. The second-order valence-electron chi connectivity index (χ2n) is 5.90. The molecule has 1 aromatic heterocycles. The van der Waals surface area contributed by atoms with Crippen molar-refractivity contribution < 1.29 is 13.9 Å². The summed E-state index contributed by atoms with van der Waals surface area (Å²) in [5.41, 5.74) is 0.887. The average Bonchev–Trinajstić information content (AvgIpc) is 2.66. The van der Waals surface area contributed by atoms with Crippen molar-refractivity contribution in [1.82, 2.24) is 20.5 Å². The Labute approximate surface area is 181 Å². The molecule has 7 nitrogen and oxygen atoms in total. The highest BCUT2D eigenvalue weighted by atomic mass is 127. The minimum Gasteiger partial charge on any atom is -0.439 e. The zero-order chi connectivity index (χ0) is 19.6. The first-order valence-corrected chi connectivity index (χ1v) is 8.58. The molecule has 0 radical (unpaired) electrons. The third-order valence-corrected chi connectivity index (χ3v) is 3.50. The fraction of sp³-hybridized carbons (Fsp3) is 0.316. The Morgan fingerprint density at radius 3 is 2.46 bits per heavy atom. The molecule has 0 saturated heterocycles. The van der Waals surface area contributed by atoms with Gasteiger partial charge in [-0.3, -0.25) is 4.79 Å². The van der Waals surface area contributed by atoms with Crippen LogP contribution in [0.5, 0.6) is 11.6 Å². The Balaban J connectivity index is 0.00000392. The third-order valence-electron chi connectivity index (χ3n) is 3.50. The minimum atomic E-state index is -0.319. The number of benzene rings is 1. The van der Waals surface area contributed by atoms with Gasteiger partial charge in [-0.2, -0.15) is 0 Å². The second-order valence-corrected chi connectivity index (χ2v) is 5.90. The van der Waals surface area contributed by atoms with Gasteiger partial charge in [0.1, 0.15) is 11.6 Å². The molecule has 0 atom stereocenters. The summed E-state index contributed by atoms with van der Waals surface area (Å²) in [6.07, 6.45) is 1.66. The highest BCUT2D eigenvalue weighted by Crippen LogP contribution is 2.19. The number of rotatable bonds is 7. The molecule has 1 heterocycles. The summed E-state index contributed by atoms with van der Waals surface area (Å²) in [5.74, 6) is 1.12. The van der Waals surface area contributed by atoms with Crippen LogP contribution >= 0.6 is 24.0 Å². The van der Waals surface area contributed by atoms with Gasteiger partial charge < -0.3 is 20.3 Å². The van der Waals surface area contributed by atoms with Gasteiger partial charge in [-0.25, -0.2) is 14.4 Å². The average molecular weight is 501 g/mol. The smallest absolute Gasteiger partial charge is 0.241 e. The molecular formula is C19H25FIN5O2. The molecule has 0 bridgehead atoms. The first-order chi connectivity index (χ1) is 13.0. The summed E-state index contributed by atoms with van der Waals surface area (Å²) in [4.78, 5) is 21.9. The Morgan fingerprint density at radius 1 is 1.18 bits per heavy atom. The molecule has 9 heteroatoms. The van der Waals surface area contributed by atoms with E-state index in [9.17, 15) is 9.18 Å². The molecule has 28 heavy (non-hydrogen) atoms. The molecule has 152 valence electrons. The maximum Gasteiger partial charge on any atom is 0.241 e. The second kappa shape index (κ2) is 12.1. The van der Waals surface area contributed by atoms with Crippen molar-refractivity contribution in [2.24, 2.45) is 4.99 Å². The van der Waals surface area contributed by atoms with E-state index in [1.165, 1.54) is 17.0 Å². The molecule has 0 aliphatic rings. The highest BCUT2D eigenvalue weighted by molar-refractivity contribution is 14.0. The number of pyridine rings is 1. The molecule has 0 spiro atoms. The monoisotopic (exact) mass is 501 g/mol. The van der Waals surface area contributed by atoms with Crippen molar-refractivity contribution in [1.29, 1.82) is 0 Å². The molecule has 2 aromatic rings. The van der Waals surface area contributed by atoms with E-state index in [0.29, 0.717) is 30.7 Å². The molecule has 2 N–H and O–H groups in total. The van der Waals surface area contributed by atoms with Crippen LogP contribution in [-0.2, 0) is 11.3 Å². The van der Waals surface area contributed by atoms with E-state index in [-0.39, 0.29) is 42.2 Å². The molecule has 0 fully saturated rings. The zero-order valence-electron chi connectivity index (χ0n) is 16.1. The largest absolute Gasteiger partial charge is 0.439 e. The van der Waals surface area contributed by atoms with Crippen molar-refractivity contribution in [3.05, 3.63) is 54.0 Å². The number of halogens is 2. The molecule has 2 rings (SSSR count). The number of hydrogen-bond donors (Lipinski definition) is 2. The van der Waals surface area contributed by atoms with Crippen LogP contribution in [0.4, 0.5) is 4.39 Å². The number of likely N-dealkylation sites (N-methyl/N-ethyl adjacent to an activating group) is 1. The van der Waals surface area contributed by atoms with Crippen molar-refractivity contribution >= 4 is 35.8 Å². The minimum absolute atomic E-state index is 0. The Morgan fingerprint density at radius 2 is 1.89 bits per heavy atom. The summed E-state index contributed by atoms with van der Waals surface area (Å²) in [5, 5.41) is 6.08. The van der Waals surface area contributed by atoms with Crippen LogP contribution in [0, 0.1) is 5.82 Å². The number of aromatic nitrogens is 1. The predicted molar refractivity (Wildman–Crippen MR) is 118 cm³/mol. The lowest BCUT2D eigenvalue weighted by Crippen LogP contribution is -2.42. The predicted octanol–water partition coefficient (Wildman–Crippen LogP) is 2.77. The number of amides is 1. The quantitative estimate of drug-likeness (QED) is 0.347. The number of nitrogens with zero attached hydrogens (tertiary/aromatic N) is 3. The first-order valence-electron chi connectivity index (χ1n) is 8.58. The lowest BCUT2D eigenvalue weighted by Gasteiger charge is -2.14. The SMILES string of the molecule is CCNC(=NCc1ccc(Oc2ccc(F)cc2)nc1)NCC(=O)N(C)C.I. The summed E-state index contributed by atoms with van der Waals surface area (Å²) in [6, 6.07) is 9.31. The van der Waals surface area contributed by atoms with Crippen LogP contribution in [0.15, 0.2) is 47.6 Å².